The number of pyridine rings is 1. The number of nitrogens with zero attached hydrogens (tertiary/aromatic N) is 2. The number of nitrogens with one attached hydrogen (secondary N) is 1. The van der Waals surface area contributed by atoms with Crippen LogP contribution in [0, 0.1) is 11.8 Å². The molecule has 0 atom stereocenters. The van der Waals surface area contributed by atoms with Crippen LogP contribution >= 0.6 is 0 Å². The van der Waals surface area contributed by atoms with Crippen LogP contribution in [0.25, 0.3) is 0 Å². The number of carbonyl (C=O) groups excluding carboxylic acids is 2. The van der Waals surface area contributed by atoms with Gasteiger partial charge >= 0.3 is 0 Å². The lowest BCUT2D eigenvalue weighted by molar-refractivity contribution is -0.139. The first-order chi connectivity index (χ1) is 13.7. The van der Waals surface area contributed by atoms with Crippen LogP contribution in [0.5, 0.6) is 0 Å². The molecule has 0 saturated heterocycles. The maximum atomic E-state index is 13.0. The van der Waals surface area contributed by atoms with Gasteiger partial charge in [-0.05, 0) is 55.4 Å². The second-order valence-corrected chi connectivity index (χ2v) is 7.87. The Morgan fingerprint density at radius 2 is 1.68 bits per heavy atom. The summed E-state index contributed by atoms with van der Waals surface area (Å²) in [7, 11) is 0. The first-order valence-electron chi connectivity index (χ1n) is 10.2. The molecule has 28 heavy (non-hydrogen) atoms. The fourth-order valence-electron chi connectivity index (χ4n) is 4.37. The van der Waals surface area contributed by atoms with E-state index in [4.69, 9.17) is 0 Å². The molecule has 2 heterocycles. The van der Waals surface area contributed by atoms with E-state index in [0.29, 0.717) is 6.54 Å². The predicted molar refractivity (Wildman–Crippen MR) is 107 cm³/mol. The van der Waals surface area contributed by atoms with Crippen LogP contribution in [0.2, 0.25) is 0 Å². The number of amides is 2. The molecule has 2 aromatic rings. The molecule has 2 amide bonds. The number of fused-ring (bicyclic) bond motifs is 1. The molecule has 5 heteroatoms. The number of rotatable bonds is 4. The normalized spacial score (nSPS) is 21.6. The molecule has 1 aromatic heterocycles. The second-order valence-electron chi connectivity index (χ2n) is 7.87. The summed E-state index contributed by atoms with van der Waals surface area (Å²) in [6, 6.07) is 14.1. The van der Waals surface area contributed by atoms with Crippen molar-refractivity contribution in [3.8, 4) is 0 Å². The molecule has 0 radical (unpaired) electrons. The summed E-state index contributed by atoms with van der Waals surface area (Å²) >= 11 is 0. The van der Waals surface area contributed by atoms with E-state index in [0.717, 1.165) is 50.9 Å². The summed E-state index contributed by atoms with van der Waals surface area (Å²) in [5, 5.41) is 2.99. The van der Waals surface area contributed by atoms with Crippen LogP contribution < -0.4 is 5.32 Å². The van der Waals surface area contributed by atoms with Gasteiger partial charge in [-0.1, -0.05) is 30.3 Å². The minimum atomic E-state index is 0.00911. The first kappa shape index (κ1) is 18.7. The molecule has 2 aliphatic rings. The van der Waals surface area contributed by atoms with E-state index in [1.54, 1.807) is 6.20 Å². The van der Waals surface area contributed by atoms with Crippen molar-refractivity contribution >= 4 is 11.8 Å². The molecular weight excluding hydrogens is 350 g/mol. The molecule has 146 valence electrons. The quantitative estimate of drug-likeness (QED) is 0.891. The van der Waals surface area contributed by atoms with Gasteiger partial charge in [-0.25, -0.2) is 0 Å². The van der Waals surface area contributed by atoms with Gasteiger partial charge in [-0.15, -0.1) is 0 Å². The van der Waals surface area contributed by atoms with Crippen molar-refractivity contribution < 1.29 is 9.59 Å². The van der Waals surface area contributed by atoms with Crippen LogP contribution in [0.15, 0.2) is 48.7 Å². The van der Waals surface area contributed by atoms with Gasteiger partial charge in [0.15, 0.2) is 0 Å². The minimum Gasteiger partial charge on any atom is -0.350 e. The van der Waals surface area contributed by atoms with E-state index in [1.807, 2.05) is 29.2 Å². The van der Waals surface area contributed by atoms with Crippen LogP contribution in [-0.2, 0) is 29.1 Å². The van der Waals surface area contributed by atoms with Crippen molar-refractivity contribution in [1.82, 2.24) is 15.2 Å². The van der Waals surface area contributed by atoms with Gasteiger partial charge in [0.05, 0.1) is 12.2 Å². The predicted octanol–water partition coefficient (Wildman–Crippen LogP) is 3.09. The number of aromatic nitrogens is 1. The summed E-state index contributed by atoms with van der Waals surface area (Å²) in [4.78, 5) is 31.7. The number of benzene rings is 1. The average molecular weight is 377 g/mol. The van der Waals surface area contributed by atoms with E-state index in [2.05, 4.69) is 28.5 Å². The van der Waals surface area contributed by atoms with Gasteiger partial charge in [0.2, 0.25) is 11.8 Å². The molecule has 1 saturated carbocycles. The van der Waals surface area contributed by atoms with E-state index in [-0.39, 0.29) is 23.7 Å². The van der Waals surface area contributed by atoms with Crippen LogP contribution in [0.1, 0.15) is 42.5 Å². The Balaban J connectivity index is 1.26. The molecular formula is C23H27N3O2. The van der Waals surface area contributed by atoms with Crippen molar-refractivity contribution in [1.29, 1.82) is 0 Å². The molecule has 1 aliphatic carbocycles. The highest BCUT2D eigenvalue weighted by Gasteiger charge is 2.33. The number of carbonyl (C=O) groups is 2. The third kappa shape index (κ3) is 4.24. The average Bonchev–Trinajstić information content (AvgIpc) is 2.77. The van der Waals surface area contributed by atoms with Crippen LogP contribution in [-0.4, -0.2) is 28.2 Å². The molecule has 1 aliphatic heterocycles. The largest absolute Gasteiger partial charge is 0.350 e. The highest BCUT2D eigenvalue weighted by Crippen LogP contribution is 2.31. The van der Waals surface area contributed by atoms with Gasteiger partial charge < -0.3 is 10.2 Å². The Hall–Kier alpha value is -2.69. The van der Waals surface area contributed by atoms with Gasteiger partial charge in [-0.2, -0.15) is 0 Å². The highest BCUT2D eigenvalue weighted by molar-refractivity contribution is 5.81. The van der Waals surface area contributed by atoms with Crippen molar-refractivity contribution in [3.63, 3.8) is 0 Å². The lowest BCUT2D eigenvalue weighted by atomic mass is 9.80. The maximum absolute atomic E-state index is 13.0. The van der Waals surface area contributed by atoms with E-state index < -0.39 is 0 Å². The Bertz CT molecular complexity index is 829. The summed E-state index contributed by atoms with van der Waals surface area (Å²) in [5.41, 5.74) is 3.50. The Labute approximate surface area is 166 Å². The maximum Gasteiger partial charge on any atom is 0.225 e. The molecule has 1 fully saturated rings. The monoisotopic (exact) mass is 377 g/mol. The number of hydrogen-bond donors (Lipinski definition) is 1. The molecule has 1 aromatic carbocycles. The molecule has 0 spiro atoms. The van der Waals surface area contributed by atoms with Crippen molar-refractivity contribution in [2.45, 2.75) is 45.2 Å². The summed E-state index contributed by atoms with van der Waals surface area (Å²) in [6.07, 6.45) is 5.85. The third-order valence-electron chi connectivity index (χ3n) is 6.06. The smallest absolute Gasteiger partial charge is 0.225 e. The standard InChI is InChI=1S/C23H27N3O2/c27-22(25-15-21-7-3-4-13-24-21)18-8-10-19(11-9-18)23(28)26-14-12-17-5-1-2-6-20(17)16-26/h1-7,13,18-19H,8-12,14-16H2,(H,25,27). The summed E-state index contributed by atoms with van der Waals surface area (Å²) < 4.78 is 0. The van der Waals surface area contributed by atoms with E-state index in [9.17, 15) is 9.59 Å². The van der Waals surface area contributed by atoms with Gasteiger partial charge in [-0.3, -0.25) is 14.6 Å². The molecule has 0 unspecified atom stereocenters. The third-order valence-corrected chi connectivity index (χ3v) is 6.06. The Kier molecular flexibility index (Phi) is 5.70. The van der Waals surface area contributed by atoms with Gasteiger partial charge in [0.1, 0.15) is 0 Å². The minimum absolute atomic E-state index is 0.00911. The first-order valence-corrected chi connectivity index (χ1v) is 10.2. The summed E-state index contributed by atoms with van der Waals surface area (Å²) in [6.45, 7) is 1.99. The zero-order valence-electron chi connectivity index (χ0n) is 16.1. The van der Waals surface area contributed by atoms with Crippen molar-refractivity contribution in [2.75, 3.05) is 6.54 Å². The SMILES string of the molecule is O=C(NCc1ccccn1)C1CCC(C(=O)N2CCc3ccccc3C2)CC1. The summed E-state index contributed by atoms with van der Waals surface area (Å²) in [5.74, 6) is 0.422. The Morgan fingerprint density at radius 1 is 0.964 bits per heavy atom. The fraction of sp³-hybridized carbons (Fsp3) is 0.435. The second kappa shape index (κ2) is 8.55. The van der Waals surface area contributed by atoms with Crippen LogP contribution in [0.3, 0.4) is 0 Å². The van der Waals surface area contributed by atoms with Crippen LogP contribution in [0.4, 0.5) is 0 Å². The van der Waals surface area contributed by atoms with Gasteiger partial charge in [0.25, 0.3) is 0 Å². The lowest BCUT2D eigenvalue weighted by Crippen LogP contribution is -2.42. The molecule has 4 rings (SSSR count). The zero-order valence-corrected chi connectivity index (χ0v) is 16.1. The number of hydrogen-bond acceptors (Lipinski definition) is 3. The molecule has 1 N–H and O–H groups in total. The van der Waals surface area contributed by atoms with E-state index in [1.165, 1.54) is 11.1 Å². The topological polar surface area (TPSA) is 62.3 Å². The highest BCUT2D eigenvalue weighted by atomic mass is 16.2. The molecule has 5 nitrogen and oxygen atoms in total. The van der Waals surface area contributed by atoms with Gasteiger partial charge in [0, 0.05) is 31.1 Å². The molecule has 0 bridgehead atoms. The van der Waals surface area contributed by atoms with E-state index >= 15 is 0 Å². The van der Waals surface area contributed by atoms with Crippen molar-refractivity contribution in [3.05, 3.63) is 65.5 Å². The fourth-order valence-corrected chi connectivity index (χ4v) is 4.37. The Morgan fingerprint density at radius 3 is 2.43 bits per heavy atom. The zero-order chi connectivity index (χ0) is 19.3. The lowest BCUT2D eigenvalue weighted by Gasteiger charge is -2.34. The van der Waals surface area contributed by atoms with Crippen molar-refractivity contribution in [2.24, 2.45) is 11.8 Å².